The highest BCUT2D eigenvalue weighted by Crippen LogP contribution is 2.25. The minimum absolute atomic E-state index is 0.269. The molecule has 2 aromatic rings. The third kappa shape index (κ3) is 3.13. The van der Waals surface area contributed by atoms with Crippen molar-refractivity contribution < 1.29 is 17.2 Å². The summed E-state index contributed by atoms with van der Waals surface area (Å²) in [5.41, 5.74) is 7.77. The fraction of sp³-hybridized carbons (Fsp3) is 0.143. The summed E-state index contributed by atoms with van der Waals surface area (Å²) in [6, 6.07) is 5.41. The molecule has 0 aliphatic carbocycles. The van der Waals surface area contributed by atoms with Gasteiger partial charge in [0.15, 0.2) is 0 Å². The lowest BCUT2D eigenvalue weighted by molar-refractivity contribution is 0.555. The number of aryl methyl sites for hydroxylation is 2. The number of rotatable bonds is 3. The minimum atomic E-state index is -4.22. The van der Waals surface area contributed by atoms with E-state index in [0.29, 0.717) is 22.9 Å². The molecule has 21 heavy (non-hydrogen) atoms. The molecule has 7 heteroatoms. The van der Waals surface area contributed by atoms with Gasteiger partial charge in [-0.3, -0.25) is 4.72 Å². The van der Waals surface area contributed by atoms with Crippen LogP contribution in [0.25, 0.3) is 0 Å². The molecule has 0 heterocycles. The van der Waals surface area contributed by atoms with E-state index in [1.54, 1.807) is 26.0 Å². The first-order valence-corrected chi connectivity index (χ1v) is 7.53. The Bertz CT molecular complexity index is 805. The smallest absolute Gasteiger partial charge is 0.264 e. The van der Waals surface area contributed by atoms with Gasteiger partial charge in [-0.2, -0.15) is 0 Å². The van der Waals surface area contributed by atoms with Crippen molar-refractivity contribution in [2.45, 2.75) is 18.7 Å². The summed E-state index contributed by atoms with van der Waals surface area (Å²) in [4.78, 5) is -0.739. The second-order valence-corrected chi connectivity index (χ2v) is 6.35. The van der Waals surface area contributed by atoms with Crippen LogP contribution in [0.3, 0.4) is 0 Å². The van der Waals surface area contributed by atoms with E-state index in [1.807, 2.05) is 0 Å². The first-order chi connectivity index (χ1) is 9.70. The fourth-order valence-corrected chi connectivity index (χ4v) is 3.04. The molecule has 0 radical (unpaired) electrons. The van der Waals surface area contributed by atoms with Gasteiger partial charge in [0, 0.05) is 5.69 Å². The Hall–Kier alpha value is -2.15. The molecular weight excluding hydrogens is 298 g/mol. The number of nitrogens with two attached hydrogens (primary N) is 1. The van der Waals surface area contributed by atoms with Crippen LogP contribution in [-0.2, 0) is 10.0 Å². The summed E-state index contributed by atoms with van der Waals surface area (Å²) in [7, 11) is -4.22. The van der Waals surface area contributed by atoms with Gasteiger partial charge >= 0.3 is 0 Å². The maximum absolute atomic E-state index is 13.6. The van der Waals surface area contributed by atoms with Crippen molar-refractivity contribution in [1.29, 1.82) is 0 Å². The molecule has 0 fully saturated rings. The highest BCUT2D eigenvalue weighted by atomic mass is 32.2. The van der Waals surface area contributed by atoms with E-state index in [4.69, 9.17) is 5.73 Å². The van der Waals surface area contributed by atoms with Crippen LogP contribution in [0.15, 0.2) is 35.2 Å². The zero-order chi connectivity index (χ0) is 15.8. The van der Waals surface area contributed by atoms with Gasteiger partial charge in [-0.1, -0.05) is 0 Å². The lowest BCUT2D eigenvalue weighted by atomic mass is 10.1. The SMILES string of the molecule is Cc1cc(NS(=O)(=O)c2cc(F)ccc2F)c(C)cc1N. The van der Waals surface area contributed by atoms with E-state index in [2.05, 4.69) is 4.72 Å². The van der Waals surface area contributed by atoms with Gasteiger partial charge in [0.1, 0.15) is 16.5 Å². The number of hydrogen-bond donors (Lipinski definition) is 2. The van der Waals surface area contributed by atoms with Crippen LogP contribution in [-0.4, -0.2) is 8.42 Å². The Balaban J connectivity index is 2.47. The molecule has 0 aliphatic heterocycles. The zero-order valence-corrected chi connectivity index (χ0v) is 12.3. The molecule has 0 amide bonds. The van der Waals surface area contributed by atoms with Crippen LogP contribution in [0.2, 0.25) is 0 Å². The molecule has 0 bridgehead atoms. The Morgan fingerprint density at radius 3 is 2.38 bits per heavy atom. The summed E-state index contributed by atoms with van der Waals surface area (Å²) >= 11 is 0. The van der Waals surface area contributed by atoms with E-state index < -0.39 is 26.6 Å². The third-order valence-electron chi connectivity index (χ3n) is 3.04. The number of nitrogens with one attached hydrogen (secondary N) is 1. The van der Waals surface area contributed by atoms with E-state index in [0.717, 1.165) is 12.1 Å². The quantitative estimate of drug-likeness (QED) is 0.856. The van der Waals surface area contributed by atoms with Crippen LogP contribution in [0, 0.1) is 25.5 Å². The van der Waals surface area contributed by atoms with Crippen LogP contribution in [0.1, 0.15) is 11.1 Å². The van der Waals surface area contributed by atoms with Crippen LogP contribution in [0.4, 0.5) is 20.2 Å². The van der Waals surface area contributed by atoms with Gasteiger partial charge in [0.05, 0.1) is 5.69 Å². The van der Waals surface area contributed by atoms with Crippen LogP contribution >= 0.6 is 0 Å². The molecule has 2 rings (SSSR count). The van der Waals surface area contributed by atoms with Crippen molar-refractivity contribution in [1.82, 2.24) is 0 Å². The van der Waals surface area contributed by atoms with Crippen molar-refractivity contribution in [3.63, 3.8) is 0 Å². The first-order valence-electron chi connectivity index (χ1n) is 6.05. The Morgan fingerprint density at radius 1 is 1.05 bits per heavy atom. The zero-order valence-electron chi connectivity index (χ0n) is 11.4. The van der Waals surface area contributed by atoms with Crippen LogP contribution in [0.5, 0.6) is 0 Å². The van der Waals surface area contributed by atoms with Crippen molar-refractivity contribution in [2.75, 3.05) is 10.5 Å². The largest absolute Gasteiger partial charge is 0.399 e. The summed E-state index contributed by atoms with van der Waals surface area (Å²) in [5, 5.41) is 0. The van der Waals surface area contributed by atoms with Crippen molar-refractivity contribution in [3.05, 3.63) is 53.1 Å². The molecular formula is C14H14F2N2O2S. The Labute approximate surface area is 121 Å². The Morgan fingerprint density at radius 2 is 1.71 bits per heavy atom. The maximum atomic E-state index is 13.6. The van der Waals surface area contributed by atoms with Crippen molar-refractivity contribution in [2.24, 2.45) is 0 Å². The molecule has 0 aromatic heterocycles. The van der Waals surface area contributed by atoms with Gasteiger partial charge in [-0.25, -0.2) is 17.2 Å². The number of anilines is 2. The first kappa shape index (κ1) is 15.2. The molecule has 4 nitrogen and oxygen atoms in total. The molecule has 0 saturated heterocycles. The molecule has 0 spiro atoms. The van der Waals surface area contributed by atoms with E-state index in [1.165, 1.54) is 0 Å². The van der Waals surface area contributed by atoms with Crippen molar-refractivity contribution >= 4 is 21.4 Å². The average Bonchev–Trinajstić information content (AvgIpc) is 2.38. The Kier molecular flexibility index (Phi) is 3.87. The molecule has 112 valence electrons. The van der Waals surface area contributed by atoms with Gasteiger partial charge in [-0.15, -0.1) is 0 Å². The van der Waals surface area contributed by atoms with E-state index >= 15 is 0 Å². The van der Waals surface area contributed by atoms with Gasteiger partial charge in [0.2, 0.25) is 0 Å². The predicted molar refractivity (Wildman–Crippen MR) is 77.5 cm³/mol. The summed E-state index contributed by atoms with van der Waals surface area (Å²) in [6.45, 7) is 3.38. The maximum Gasteiger partial charge on any atom is 0.264 e. The lowest BCUT2D eigenvalue weighted by Crippen LogP contribution is -2.16. The number of benzene rings is 2. The van der Waals surface area contributed by atoms with Gasteiger partial charge in [0.25, 0.3) is 10.0 Å². The normalized spacial score (nSPS) is 11.4. The van der Waals surface area contributed by atoms with Crippen LogP contribution < -0.4 is 10.5 Å². The van der Waals surface area contributed by atoms with E-state index in [-0.39, 0.29) is 5.69 Å². The highest BCUT2D eigenvalue weighted by Gasteiger charge is 2.21. The van der Waals surface area contributed by atoms with Gasteiger partial charge < -0.3 is 5.73 Å². The highest BCUT2D eigenvalue weighted by molar-refractivity contribution is 7.92. The predicted octanol–water partition coefficient (Wildman–Crippen LogP) is 2.96. The molecule has 3 N–H and O–H groups in total. The average molecular weight is 312 g/mol. The molecule has 0 aliphatic rings. The fourth-order valence-electron chi connectivity index (χ4n) is 1.83. The summed E-state index contributed by atoms with van der Waals surface area (Å²) < 4.78 is 53.3. The standard InChI is InChI=1S/C14H14F2N2O2S/c1-8-6-13(9(2)5-12(8)17)18-21(19,20)14-7-10(15)3-4-11(14)16/h3-7,18H,17H2,1-2H3. The number of nitrogen functional groups attached to an aromatic ring is 1. The second kappa shape index (κ2) is 5.33. The molecule has 0 unspecified atom stereocenters. The lowest BCUT2D eigenvalue weighted by Gasteiger charge is -2.13. The number of halogens is 2. The summed E-state index contributed by atoms with van der Waals surface area (Å²) in [6.07, 6.45) is 0. The van der Waals surface area contributed by atoms with E-state index in [9.17, 15) is 17.2 Å². The molecule has 2 aromatic carbocycles. The van der Waals surface area contributed by atoms with Gasteiger partial charge in [-0.05, 0) is 55.3 Å². The number of hydrogen-bond acceptors (Lipinski definition) is 3. The number of sulfonamides is 1. The molecule has 0 atom stereocenters. The second-order valence-electron chi connectivity index (χ2n) is 4.70. The summed E-state index contributed by atoms with van der Waals surface area (Å²) in [5.74, 6) is -1.85. The minimum Gasteiger partial charge on any atom is -0.399 e. The monoisotopic (exact) mass is 312 g/mol. The molecule has 0 saturated carbocycles. The van der Waals surface area contributed by atoms with Crippen molar-refractivity contribution in [3.8, 4) is 0 Å². The topological polar surface area (TPSA) is 72.2 Å². The third-order valence-corrected chi connectivity index (χ3v) is 4.42.